The van der Waals surface area contributed by atoms with E-state index in [1.54, 1.807) is 25.1 Å². The predicted octanol–water partition coefficient (Wildman–Crippen LogP) is 4.74. The molecule has 2 atom stereocenters. The molecule has 3 rings (SSSR count). The predicted molar refractivity (Wildman–Crippen MR) is 103 cm³/mol. The second-order valence-corrected chi connectivity index (χ2v) is 8.25. The lowest BCUT2D eigenvalue weighted by atomic mass is 10.00. The van der Waals surface area contributed by atoms with Gasteiger partial charge in [0.25, 0.3) is 0 Å². The van der Waals surface area contributed by atoms with Crippen LogP contribution in [0.1, 0.15) is 23.8 Å². The summed E-state index contributed by atoms with van der Waals surface area (Å²) in [6.45, 7) is 3.79. The van der Waals surface area contributed by atoms with E-state index in [1.165, 1.54) is 0 Å². The van der Waals surface area contributed by atoms with Crippen LogP contribution in [0.3, 0.4) is 0 Å². The number of ether oxygens (including phenoxy) is 1. The average molecular weight is 407 g/mol. The molecule has 0 unspecified atom stereocenters. The van der Waals surface area contributed by atoms with E-state index in [0.717, 1.165) is 35.0 Å². The van der Waals surface area contributed by atoms with E-state index in [4.69, 9.17) is 14.1 Å². The van der Waals surface area contributed by atoms with Gasteiger partial charge >= 0.3 is 0 Å². The fourth-order valence-corrected chi connectivity index (χ4v) is 4.21. The third kappa shape index (κ3) is 3.94. The molecule has 0 aliphatic carbocycles. The highest BCUT2D eigenvalue weighted by Crippen LogP contribution is 2.39. The maximum atomic E-state index is 5.60. The first-order chi connectivity index (χ1) is 11.6. The summed E-state index contributed by atoms with van der Waals surface area (Å²) >= 11 is 5.38. The summed E-state index contributed by atoms with van der Waals surface area (Å²) in [5.41, 5.74) is 2.10. The molecule has 2 heterocycles. The zero-order valence-electron chi connectivity index (χ0n) is 13.4. The Labute approximate surface area is 154 Å². The quantitative estimate of drug-likeness (QED) is 0.427. The van der Waals surface area contributed by atoms with Crippen molar-refractivity contribution in [3.63, 3.8) is 0 Å². The summed E-state index contributed by atoms with van der Waals surface area (Å²) in [7, 11) is 1.67. The van der Waals surface area contributed by atoms with E-state index in [9.17, 15) is 0 Å². The van der Waals surface area contributed by atoms with Gasteiger partial charge in [-0.15, -0.1) is 18.3 Å². The molecule has 1 aliphatic rings. The lowest BCUT2D eigenvalue weighted by Crippen LogP contribution is -2.43. The monoisotopic (exact) mass is 406 g/mol. The Morgan fingerprint density at radius 3 is 2.88 bits per heavy atom. The first-order valence-electron chi connectivity index (χ1n) is 7.61. The molecule has 24 heavy (non-hydrogen) atoms. The van der Waals surface area contributed by atoms with Crippen molar-refractivity contribution in [2.75, 3.05) is 12.9 Å². The highest BCUT2D eigenvalue weighted by molar-refractivity contribution is 9.11. The Morgan fingerprint density at radius 1 is 1.46 bits per heavy atom. The maximum absolute atomic E-state index is 5.60. The largest absolute Gasteiger partial charge is 0.497 e. The van der Waals surface area contributed by atoms with Crippen LogP contribution in [0.2, 0.25) is 0 Å². The summed E-state index contributed by atoms with van der Waals surface area (Å²) < 4.78 is 10.2. The third-order valence-electron chi connectivity index (χ3n) is 3.73. The summed E-state index contributed by atoms with van der Waals surface area (Å²) in [6.07, 6.45) is 4.32. The van der Waals surface area contributed by atoms with Crippen LogP contribution in [0.15, 0.2) is 64.7 Å². The topological polar surface area (TPSA) is 46.8 Å². The SMILES string of the molecule is C=CCS[C@]1(Br)N=C(c2ccc(OC)cc2)C[C@H](c2ccco2)N1. The molecule has 1 aliphatic heterocycles. The zero-order valence-corrected chi connectivity index (χ0v) is 15.8. The van der Waals surface area contributed by atoms with E-state index in [-0.39, 0.29) is 6.04 Å². The second kappa shape index (κ2) is 7.59. The van der Waals surface area contributed by atoms with Crippen LogP contribution in [-0.4, -0.2) is 22.5 Å². The molecule has 0 amide bonds. The second-order valence-electron chi connectivity index (χ2n) is 5.36. The Balaban J connectivity index is 1.93. The van der Waals surface area contributed by atoms with Crippen LogP contribution in [0.4, 0.5) is 0 Å². The molecule has 0 saturated carbocycles. The van der Waals surface area contributed by atoms with E-state index in [2.05, 4.69) is 27.8 Å². The van der Waals surface area contributed by atoms with Gasteiger partial charge in [-0.3, -0.25) is 5.32 Å². The van der Waals surface area contributed by atoms with Crippen molar-refractivity contribution in [1.29, 1.82) is 0 Å². The number of rotatable bonds is 6. The van der Waals surface area contributed by atoms with Crippen LogP contribution < -0.4 is 10.1 Å². The smallest absolute Gasteiger partial charge is 0.215 e. The van der Waals surface area contributed by atoms with Gasteiger partial charge in [-0.1, -0.05) is 6.08 Å². The molecule has 1 aromatic heterocycles. The fraction of sp³-hybridized carbons (Fsp3) is 0.278. The Morgan fingerprint density at radius 2 is 2.25 bits per heavy atom. The molecule has 6 heteroatoms. The van der Waals surface area contributed by atoms with E-state index < -0.39 is 3.90 Å². The normalized spacial score (nSPS) is 23.6. The van der Waals surface area contributed by atoms with Gasteiger partial charge in [0.05, 0.1) is 19.4 Å². The minimum Gasteiger partial charge on any atom is -0.497 e. The molecule has 1 aromatic carbocycles. The van der Waals surface area contributed by atoms with Crippen molar-refractivity contribution in [2.24, 2.45) is 4.99 Å². The van der Waals surface area contributed by atoms with Gasteiger partial charge in [-0.25, -0.2) is 4.99 Å². The standard InChI is InChI=1S/C18H19BrN2O2S/c1-3-11-24-18(19)20-15(13-6-8-14(22-2)9-7-13)12-16(21-18)17-5-4-10-23-17/h3-10,16,21H,1,11-12H2,2H3/t16-,18-/m1/s1. The minimum absolute atomic E-state index is 0.0475. The lowest BCUT2D eigenvalue weighted by molar-refractivity contribution is 0.397. The van der Waals surface area contributed by atoms with Crippen molar-refractivity contribution < 1.29 is 9.15 Å². The molecule has 2 aromatic rings. The first kappa shape index (κ1) is 17.3. The molecular formula is C18H19BrN2O2S. The van der Waals surface area contributed by atoms with Gasteiger partial charge < -0.3 is 9.15 Å². The first-order valence-corrected chi connectivity index (χ1v) is 9.39. The van der Waals surface area contributed by atoms with Crippen LogP contribution >= 0.6 is 27.7 Å². The molecule has 4 nitrogen and oxygen atoms in total. The summed E-state index contributed by atoms with van der Waals surface area (Å²) in [6, 6.07) is 11.9. The molecule has 0 bridgehead atoms. The van der Waals surface area contributed by atoms with Crippen LogP contribution in [0.5, 0.6) is 5.75 Å². The van der Waals surface area contributed by atoms with E-state index in [0.29, 0.717) is 0 Å². The fourth-order valence-electron chi connectivity index (χ4n) is 2.58. The number of benzene rings is 1. The van der Waals surface area contributed by atoms with Gasteiger partial charge in [-0.2, -0.15) is 0 Å². The Bertz CT molecular complexity index is 715. The van der Waals surface area contributed by atoms with Gasteiger partial charge in [0.1, 0.15) is 11.5 Å². The Hall–Kier alpha value is -1.50. The number of nitrogens with zero attached hydrogens (tertiary/aromatic N) is 1. The lowest BCUT2D eigenvalue weighted by Gasteiger charge is -2.34. The number of methoxy groups -OCH3 is 1. The maximum Gasteiger partial charge on any atom is 0.215 e. The van der Waals surface area contributed by atoms with Gasteiger partial charge in [-0.05, 0) is 57.9 Å². The van der Waals surface area contributed by atoms with Gasteiger partial charge in [0, 0.05) is 17.9 Å². The molecular weight excluding hydrogens is 388 g/mol. The van der Waals surface area contributed by atoms with E-state index >= 15 is 0 Å². The summed E-state index contributed by atoms with van der Waals surface area (Å²) in [4.78, 5) is 4.89. The zero-order chi connectivity index (χ0) is 17.0. The minimum atomic E-state index is -0.605. The molecule has 0 radical (unpaired) electrons. The van der Waals surface area contributed by atoms with Crippen molar-refractivity contribution >= 4 is 33.4 Å². The highest BCUT2D eigenvalue weighted by Gasteiger charge is 2.36. The van der Waals surface area contributed by atoms with Gasteiger partial charge in [0.2, 0.25) is 3.90 Å². The van der Waals surface area contributed by atoms with Crippen molar-refractivity contribution in [2.45, 2.75) is 16.4 Å². The Kier molecular flexibility index (Phi) is 5.48. The molecule has 0 saturated heterocycles. The summed E-state index contributed by atoms with van der Waals surface area (Å²) in [5, 5.41) is 3.52. The number of hydrogen-bond donors (Lipinski definition) is 1. The molecule has 1 N–H and O–H groups in total. The number of thioether (sulfide) groups is 1. The number of nitrogens with one attached hydrogen (secondary N) is 1. The average Bonchev–Trinajstić information content (AvgIpc) is 3.14. The number of furan rings is 1. The number of halogens is 1. The molecule has 126 valence electrons. The number of hydrogen-bond acceptors (Lipinski definition) is 5. The van der Waals surface area contributed by atoms with Crippen molar-refractivity contribution in [3.8, 4) is 5.75 Å². The van der Waals surface area contributed by atoms with Crippen molar-refractivity contribution in [1.82, 2.24) is 5.32 Å². The molecule has 0 fully saturated rings. The number of aliphatic imine (C=N–C) groups is 1. The number of alkyl halides is 1. The van der Waals surface area contributed by atoms with Crippen molar-refractivity contribution in [3.05, 3.63) is 66.6 Å². The third-order valence-corrected chi connectivity index (χ3v) is 5.82. The van der Waals surface area contributed by atoms with Gasteiger partial charge in [0.15, 0.2) is 0 Å². The highest BCUT2D eigenvalue weighted by atomic mass is 79.9. The van der Waals surface area contributed by atoms with E-state index in [1.807, 2.05) is 42.5 Å². The van der Waals surface area contributed by atoms with Crippen LogP contribution in [-0.2, 0) is 0 Å². The summed E-state index contributed by atoms with van der Waals surface area (Å²) in [5.74, 6) is 2.52. The molecule has 0 spiro atoms. The van der Waals surface area contributed by atoms with Crippen LogP contribution in [0, 0.1) is 0 Å². The van der Waals surface area contributed by atoms with Crippen LogP contribution in [0.25, 0.3) is 0 Å².